The summed E-state index contributed by atoms with van der Waals surface area (Å²) >= 11 is 1.18. The van der Waals surface area contributed by atoms with E-state index in [4.69, 9.17) is 0 Å². The fourth-order valence-electron chi connectivity index (χ4n) is 3.40. The van der Waals surface area contributed by atoms with Crippen LogP contribution in [0.4, 0.5) is 5.69 Å². The van der Waals surface area contributed by atoms with Crippen molar-refractivity contribution in [2.45, 2.75) is 43.9 Å². The Kier molecular flexibility index (Phi) is 4.99. The lowest BCUT2D eigenvalue weighted by molar-refractivity contribution is -0.119. The molecule has 134 valence electrons. The van der Waals surface area contributed by atoms with E-state index < -0.39 is 16.1 Å². The number of anilines is 1. The van der Waals surface area contributed by atoms with Gasteiger partial charge in [-0.15, -0.1) is 11.3 Å². The van der Waals surface area contributed by atoms with Crippen LogP contribution in [-0.4, -0.2) is 31.2 Å². The van der Waals surface area contributed by atoms with Crippen LogP contribution in [0.3, 0.4) is 0 Å². The van der Waals surface area contributed by atoms with E-state index in [-0.39, 0.29) is 10.1 Å². The molecule has 1 unspecified atom stereocenters. The van der Waals surface area contributed by atoms with Crippen molar-refractivity contribution in [3.05, 3.63) is 46.3 Å². The van der Waals surface area contributed by atoms with Crippen LogP contribution < -0.4 is 5.32 Å². The SMILES string of the molecule is Cc1cc(C)c(NC(=O)C2CCCN2S(=O)(=O)c2cccs2)c(C)c1. The number of thiophene rings is 1. The van der Waals surface area contributed by atoms with Crippen LogP contribution in [0.15, 0.2) is 33.9 Å². The van der Waals surface area contributed by atoms with Crippen LogP contribution in [0.1, 0.15) is 29.5 Å². The number of benzene rings is 1. The van der Waals surface area contributed by atoms with E-state index in [9.17, 15) is 13.2 Å². The van der Waals surface area contributed by atoms with Gasteiger partial charge < -0.3 is 5.32 Å². The summed E-state index contributed by atoms with van der Waals surface area (Å²) in [6.07, 6.45) is 1.23. The van der Waals surface area contributed by atoms with E-state index in [1.807, 2.05) is 32.9 Å². The maximum atomic E-state index is 12.8. The Balaban J connectivity index is 1.85. The zero-order chi connectivity index (χ0) is 18.2. The monoisotopic (exact) mass is 378 g/mol. The summed E-state index contributed by atoms with van der Waals surface area (Å²) in [5, 5.41) is 4.69. The van der Waals surface area contributed by atoms with E-state index in [0.29, 0.717) is 19.4 Å². The zero-order valence-electron chi connectivity index (χ0n) is 14.6. The smallest absolute Gasteiger partial charge is 0.253 e. The van der Waals surface area contributed by atoms with Gasteiger partial charge in [-0.3, -0.25) is 4.79 Å². The summed E-state index contributed by atoms with van der Waals surface area (Å²) in [5.41, 5.74) is 3.87. The highest BCUT2D eigenvalue weighted by molar-refractivity contribution is 7.91. The summed E-state index contributed by atoms with van der Waals surface area (Å²) in [6, 6.07) is 6.66. The van der Waals surface area contributed by atoms with E-state index in [0.717, 1.165) is 22.4 Å². The van der Waals surface area contributed by atoms with Crippen LogP contribution in [0.5, 0.6) is 0 Å². The first kappa shape index (κ1) is 18.1. The average Bonchev–Trinajstić information content (AvgIpc) is 3.21. The van der Waals surface area contributed by atoms with E-state index in [1.54, 1.807) is 17.5 Å². The second kappa shape index (κ2) is 6.90. The third-order valence-corrected chi connectivity index (χ3v) is 7.77. The Morgan fingerprint density at radius 3 is 2.52 bits per heavy atom. The predicted molar refractivity (Wildman–Crippen MR) is 101 cm³/mol. The lowest BCUT2D eigenvalue weighted by Crippen LogP contribution is -2.43. The second-order valence-corrected chi connectivity index (χ2v) is 9.53. The molecule has 0 aliphatic carbocycles. The summed E-state index contributed by atoms with van der Waals surface area (Å²) in [4.78, 5) is 12.8. The van der Waals surface area contributed by atoms with Gasteiger partial charge in [0.25, 0.3) is 10.0 Å². The molecule has 1 saturated heterocycles. The Morgan fingerprint density at radius 2 is 1.92 bits per heavy atom. The Hall–Kier alpha value is -1.70. The number of aryl methyl sites for hydroxylation is 3. The van der Waals surface area contributed by atoms with Crippen molar-refractivity contribution >= 4 is 33.0 Å². The van der Waals surface area contributed by atoms with Gasteiger partial charge in [-0.1, -0.05) is 23.8 Å². The van der Waals surface area contributed by atoms with E-state index in [1.165, 1.54) is 15.6 Å². The number of sulfonamides is 1. The third-order valence-electron chi connectivity index (χ3n) is 4.49. The molecule has 2 heterocycles. The number of carbonyl (C=O) groups excluding carboxylic acids is 1. The minimum Gasteiger partial charge on any atom is -0.324 e. The highest BCUT2D eigenvalue weighted by atomic mass is 32.2. The van der Waals surface area contributed by atoms with Crippen molar-refractivity contribution in [3.8, 4) is 0 Å². The highest BCUT2D eigenvalue weighted by Crippen LogP contribution is 2.30. The van der Waals surface area contributed by atoms with Gasteiger partial charge in [-0.25, -0.2) is 8.42 Å². The molecule has 0 bridgehead atoms. The molecule has 5 nitrogen and oxygen atoms in total. The second-order valence-electron chi connectivity index (χ2n) is 6.47. The molecule has 1 amide bonds. The summed E-state index contributed by atoms with van der Waals surface area (Å²) in [7, 11) is -3.62. The summed E-state index contributed by atoms with van der Waals surface area (Å²) in [6.45, 7) is 6.29. The molecule has 1 aliphatic rings. The zero-order valence-corrected chi connectivity index (χ0v) is 16.2. The van der Waals surface area contributed by atoms with Crippen molar-refractivity contribution in [2.24, 2.45) is 0 Å². The number of hydrogen-bond donors (Lipinski definition) is 1. The molecule has 0 spiro atoms. The Morgan fingerprint density at radius 1 is 1.24 bits per heavy atom. The fourth-order valence-corrected chi connectivity index (χ4v) is 6.18. The van der Waals surface area contributed by atoms with Gasteiger partial charge in [-0.05, 0) is 56.2 Å². The number of rotatable bonds is 4. The van der Waals surface area contributed by atoms with E-state index in [2.05, 4.69) is 5.32 Å². The van der Waals surface area contributed by atoms with E-state index >= 15 is 0 Å². The predicted octanol–water partition coefficient (Wildman–Crippen LogP) is 3.47. The summed E-state index contributed by atoms with van der Waals surface area (Å²) in [5.74, 6) is -0.257. The number of amides is 1. The number of nitrogens with zero attached hydrogens (tertiary/aromatic N) is 1. The molecular formula is C18H22N2O3S2. The third kappa shape index (κ3) is 3.49. The molecule has 3 rings (SSSR count). The van der Waals surface area contributed by atoms with Crippen molar-refractivity contribution < 1.29 is 13.2 Å². The molecule has 0 saturated carbocycles. The number of carbonyl (C=O) groups is 1. The lowest BCUT2D eigenvalue weighted by atomic mass is 10.0. The first-order valence-corrected chi connectivity index (χ1v) is 10.6. The minimum absolute atomic E-state index is 0.257. The van der Waals surface area contributed by atoms with Gasteiger partial charge in [0.15, 0.2) is 0 Å². The van der Waals surface area contributed by atoms with Crippen molar-refractivity contribution in [3.63, 3.8) is 0 Å². The van der Waals surface area contributed by atoms with Gasteiger partial charge in [0.2, 0.25) is 5.91 Å². The maximum Gasteiger partial charge on any atom is 0.253 e. The largest absolute Gasteiger partial charge is 0.324 e. The lowest BCUT2D eigenvalue weighted by Gasteiger charge is -2.23. The first-order valence-electron chi connectivity index (χ1n) is 8.25. The molecular weight excluding hydrogens is 356 g/mol. The van der Waals surface area contributed by atoms with Gasteiger partial charge in [0, 0.05) is 12.2 Å². The normalized spacial score (nSPS) is 18.4. The number of hydrogen-bond acceptors (Lipinski definition) is 4. The molecule has 1 aromatic heterocycles. The molecule has 7 heteroatoms. The molecule has 1 N–H and O–H groups in total. The van der Waals surface area contributed by atoms with Crippen LogP contribution in [0, 0.1) is 20.8 Å². The quantitative estimate of drug-likeness (QED) is 0.886. The van der Waals surface area contributed by atoms with Gasteiger partial charge in [-0.2, -0.15) is 4.31 Å². The van der Waals surface area contributed by atoms with Gasteiger partial charge in [0.05, 0.1) is 0 Å². The van der Waals surface area contributed by atoms with Gasteiger partial charge in [0.1, 0.15) is 10.3 Å². The van der Waals surface area contributed by atoms with Crippen molar-refractivity contribution in [1.29, 1.82) is 0 Å². The van der Waals surface area contributed by atoms with Gasteiger partial charge >= 0.3 is 0 Å². The van der Waals surface area contributed by atoms with Crippen molar-refractivity contribution in [2.75, 3.05) is 11.9 Å². The Labute approximate surface area is 152 Å². The van der Waals surface area contributed by atoms with Crippen LogP contribution in [-0.2, 0) is 14.8 Å². The standard InChI is InChI=1S/C18H22N2O3S2/c1-12-10-13(2)17(14(3)11-12)19-18(21)15-6-4-8-20(15)25(22,23)16-7-5-9-24-16/h5,7,9-11,15H,4,6,8H2,1-3H3,(H,19,21). The molecule has 1 aromatic carbocycles. The molecule has 2 aromatic rings. The maximum absolute atomic E-state index is 12.8. The minimum atomic E-state index is -3.62. The molecule has 0 radical (unpaired) electrons. The van der Waals surface area contributed by atoms with Crippen LogP contribution >= 0.6 is 11.3 Å². The highest BCUT2D eigenvalue weighted by Gasteiger charge is 2.40. The fraction of sp³-hybridized carbons (Fsp3) is 0.389. The number of nitrogens with one attached hydrogen (secondary N) is 1. The summed E-state index contributed by atoms with van der Waals surface area (Å²) < 4.78 is 27.2. The van der Waals surface area contributed by atoms with Crippen LogP contribution in [0.2, 0.25) is 0 Å². The van der Waals surface area contributed by atoms with Crippen LogP contribution in [0.25, 0.3) is 0 Å². The Bertz CT molecular complexity index is 866. The molecule has 1 atom stereocenters. The molecule has 1 fully saturated rings. The molecule has 25 heavy (non-hydrogen) atoms. The average molecular weight is 379 g/mol. The van der Waals surface area contributed by atoms with Crippen molar-refractivity contribution in [1.82, 2.24) is 4.31 Å². The topological polar surface area (TPSA) is 66.5 Å². The first-order chi connectivity index (χ1) is 11.8. The molecule has 1 aliphatic heterocycles.